The van der Waals surface area contributed by atoms with E-state index in [0.717, 1.165) is 17.0 Å². The van der Waals surface area contributed by atoms with Gasteiger partial charge in [-0.1, -0.05) is 0 Å². The number of piperazine rings is 1. The molecule has 2 aromatic rings. The number of nitrogens with zero attached hydrogens (tertiary/aromatic N) is 2. The van der Waals surface area contributed by atoms with Gasteiger partial charge in [-0.05, 0) is 35.7 Å². The number of sulfonamides is 1. The second-order valence-corrected chi connectivity index (χ2v) is 8.34. The Morgan fingerprint density at radius 3 is 2.36 bits per heavy atom. The number of hydrogen-bond donors (Lipinski definition) is 1. The molecule has 0 aliphatic carbocycles. The van der Waals surface area contributed by atoms with Crippen LogP contribution in [0.3, 0.4) is 0 Å². The molecule has 25 heavy (non-hydrogen) atoms. The van der Waals surface area contributed by atoms with Crippen molar-refractivity contribution in [3.63, 3.8) is 0 Å². The molecule has 0 radical (unpaired) electrons. The standard InChI is InChI=1S/C16H18N2O5S2/c1-23-16(20)15-14(6-11-24-15)25(21,22)18-9-7-17(8-10-18)12-2-4-13(19)5-3-12/h2-6,11,19H,7-10H2,1H3. The zero-order valence-corrected chi connectivity index (χ0v) is 15.2. The molecule has 0 unspecified atom stereocenters. The van der Waals surface area contributed by atoms with Crippen LogP contribution in [0.25, 0.3) is 0 Å². The van der Waals surface area contributed by atoms with Crippen molar-refractivity contribution >= 4 is 33.0 Å². The molecule has 134 valence electrons. The van der Waals surface area contributed by atoms with Gasteiger partial charge in [-0.25, -0.2) is 13.2 Å². The van der Waals surface area contributed by atoms with Crippen LogP contribution in [-0.2, 0) is 14.8 Å². The highest BCUT2D eigenvalue weighted by molar-refractivity contribution is 7.89. The third-order valence-corrected chi connectivity index (χ3v) is 7.04. The minimum absolute atomic E-state index is 0.00225. The summed E-state index contributed by atoms with van der Waals surface area (Å²) >= 11 is 1.06. The normalized spacial score (nSPS) is 16.0. The van der Waals surface area contributed by atoms with Gasteiger partial charge in [0.05, 0.1) is 7.11 Å². The monoisotopic (exact) mass is 382 g/mol. The number of anilines is 1. The van der Waals surface area contributed by atoms with Gasteiger partial charge >= 0.3 is 5.97 Å². The van der Waals surface area contributed by atoms with Crippen molar-refractivity contribution in [2.75, 3.05) is 38.2 Å². The zero-order valence-electron chi connectivity index (χ0n) is 13.6. The topological polar surface area (TPSA) is 87.2 Å². The molecule has 2 heterocycles. The molecule has 1 N–H and O–H groups in total. The highest BCUT2D eigenvalue weighted by atomic mass is 32.2. The maximum Gasteiger partial charge on any atom is 0.349 e. The first kappa shape index (κ1) is 17.7. The Bertz CT molecular complexity index is 853. The highest BCUT2D eigenvalue weighted by Crippen LogP contribution is 2.27. The number of methoxy groups -OCH3 is 1. The van der Waals surface area contributed by atoms with Crippen LogP contribution in [0.2, 0.25) is 0 Å². The predicted octanol–water partition coefficient (Wildman–Crippen LogP) is 1.75. The second-order valence-electron chi connectivity index (χ2n) is 5.51. The van der Waals surface area contributed by atoms with E-state index < -0.39 is 16.0 Å². The molecule has 1 aliphatic heterocycles. The third-order valence-electron chi connectivity index (χ3n) is 4.07. The number of esters is 1. The fourth-order valence-electron chi connectivity index (χ4n) is 2.73. The van der Waals surface area contributed by atoms with Crippen LogP contribution in [-0.4, -0.2) is 57.1 Å². The Morgan fingerprint density at radius 2 is 1.76 bits per heavy atom. The van der Waals surface area contributed by atoms with E-state index in [1.165, 1.54) is 17.5 Å². The molecule has 0 amide bonds. The Morgan fingerprint density at radius 1 is 1.12 bits per heavy atom. The molecule has 9 heteroatoms. The van der Waals surface area contributed by atoms with E-state index in [0.29, 0.717) is 26.2 Å². The van der Waals surface area contributed by atoms with Crippen molar-refractivity contribution < 1.29 is 23.1 Å². The van der Waals surface area contributed by atoms with Crippen molar-refractivity contribution in [2.24, 2.45) is 0 Å². The van der Waals surface area contributed by atoms with E-state index in [-0.39, 0.29) is 15.5 Å². The summed E-state index contributed by atoms with van der Waals surface area (Å²) in [7, 11) is -2.51. The number of phenols is 1. The van der Waals surface area contributed by atoms with Gasteiger partial charge in [0.1, 0.15) is 15.5 Å². The largest absolute Gasteiger partial charge is 0.508 e. The van der Waals surface area contributed by atoms with E-state index in [9.17, 15) is 18.3 Å². The summed E-state index contributed by atoms with van der Waals surface area (Å²) in [6.45, 7) is 1.70. The highest BCUT2D eigenvalue weighted by Gasteiger charge is 2.32. The molecule has 1 aliphatic rings. The fourth-order valence-corrected chi connectivity index (χ4v) is 5.46. The summed E-state index contributed by atoms with van der Waals surface area (Å²) in [6, 6.07) is 8.25. The molecule has 0 atom stereocenters. The lowest BCUT2D eigenvalue weighted by Crippen LogP contribution is -2.48. The molecular weight excluding hydrogens is 364 g/mol. The SMILES string of the molecule is COC(=O)c1sccc1S(=O)(=O)N1CCN(c2ccc(O)cc2)CC1. The lowest BCUT2D eigenvalue weighted by molar-refractivity contribution is 0.0602. The van der Waals surface area contributed by atoms with Gasteiger partial charge in [-0.2, -0.15) is 4.31 Å². The summed E-state index contributed by atoms with van der Waals surface area (Å²) in [5.74, 6) is -0.450. The molecule has 1 saturated heterocycles. The number of aromatic hydroxyl groups is 1. The van der Waals surface area contributed by atoms with Crippen LogP contribution in [0.5, 0.6) is 5.75 Å². The molecule has 7 nitrogen and oxygen atoms in total. The lowest BCUT2D eigenvalue weighted by Gasteiger charge is -2.35. The van der Waals surface area contributed by atoms with Gasteiger partial charge in [0, 0.05) is 31.9 Å². The van der Waals surface area contributed by atoms with Gasteiger partial charge < -0.3 is 14.7 Å². The summed E-state index contributed by atoms with van der Waals surface area (Å²) in [6.07, 6.45) is 0. The number of ether oxygens (including phenoxy) is 1. The van der Waals surface area contributed by atoms with E-state index in [1.54, 1.807) is 29.6 Å². The molecule has 0 saturated carbocycles. The maximum absolute atomic E-state index is 12.9. The Labute approximate surface area is 150 Å². The second kappa shape index (κ2) is 7.03. The van der Waals surface area contributed by atoms with Gasteiger partial charge in [-0.3, -0.25) is 0 Å². The van der Waals surface area contributed by atoms with E-state index >= 15 is 0 Å². The zero-order chi connectivity index (χ0) is 18.0. The first-order valence-corrected chi connectivity index (χ1v) is 9.95. The third kappa shape index (κ3) is 3.48. The van der Waals surface area contributed by atoms with Crippen LogP contribution in [0.15, 0.2) is 40.6 Å². The van der Waals surface area contributed by atoms with Crippen molar-refractivity contribution in [2.45, 2.75) is 4.90 Å². The summed E-state index contributed by atoms with van der Waals surface area (Å²) in [4.78, 5) is 13.9. The molecule has 0 spiro atoms. The summed E-state index contributed by atoms with van der Waals surface area (Å²) in [5.41, 5.74) is 0.931. The van der Waals surface area contributed by atoms with Crippen LogP contribution >= 0.6 is 11.3 Å². The Hall–Kier alpha value is -2.10. The van der Waals surface area contributed by atoms with Crippen molar-refractivity contribution in [3.8, 4) is 5.75 Å². The first-order chi connectivity index (χ1) is 11.9. The number of hydrogen-bond acceptors (Lipinski definition) is 7. The number of rotatable bonds is 4. The molecule has 1 aromatic carbocycles. The van der Waals surface area contributed by atoms with Crippen LogP contribution in [0, 0.1) is 0 Å². The van der Waals surface area contributed by atoms with Crippen molar-refractivity contribution in [1.82, 2.24) is 4.31 Å². The number of phenolic OH excluding ortho intramolecular Hbond substituents is 1. The quantitative estimate of drug-likeness (QED) is 0.811. The Kier molecular flexibility index (Phi) is 4.98. The average molecular weight is 382 g/mol. The van der Waals surface area contributed by atoms with Gasteiger partial charge in [0.25, 0.3) is 0 Å². The van der Waals surface area contributed by atoms with Gasteiger partial charge in [-0.15, -0.1) is 11.3 Å². The van der Waals surface area contributed by atoms with E-state index in [4.69, 9.17) is 0 Å². The maximum atomic E-state index is 12.9. The minimum Gasteiger partial charge on any atom is -0.508 e. The number of carbonyl (C=O) groups is 1. The lowest BCUT2D eigenvalue weighted by atomic mass is 10.2. The van der Waals surface area contributed by atoms with Gasteiger partial charge in [0.2, 0.25) is 10.0 Å². The predicted molar refractivity (Wildman–Crippen MR) is 94.7 cm³/mol. The molecule has 3 rings (SSSR count). The van der Waals surface area contributed by atoms with Crippen molar-refractivity contribution in [1.29, 1.82) is 0 Å². The number of carbonyl (C=O) groups excluding carboxylic acids is 1. The van der Waals surface area contributed by atoms with Crippen LogP contribution in [0.4, 0.5) is 5.69 Å². The van der Waals surface area contributed by atoms with Gasteiger partial charge in [0.15, 0.2) is 0 Å². The molecule has 1 fully saturated rings. The average Bonchev–Trinajstić information content (AvgIpc) is 3.12. The summed E-state index contributed by atoms with van der Waals surface area (Å²) < 4.78 is 31.8. The smallest absolute Gasteiger partial charge is 0.349 e. The van der Waals surface area contributed by atoms with Crippen LogP contribution < -0.4 is 4.90 Å². The van der Waals surface area contributed by atoms with Crippen LogP contribution in [0.1, 0.15) is 9.67 Å². The fraction of sp³-hybridized carbons (Fsp3) is 0.312. The van der Waals surface area contributed by atoms with E-state index in [1.807, 2.05) is 0 Å². The molecule has 0 bridgehead atoms. The summed E-state index contributed by atoms with van der Waals surface area (Å²) in [5, 5.41) is 10.9. The molecular formula is C16H18N2O5S2. The van der Waals surface area contributed by atoms with E-state index in [2.05, 4.69) is 9.64 Å². The number of thiophene rings is 1. The number of benzene rings is 1. The minimum atomic E-state index is -3.74. The van der Waals surface area contributed by atoms with Crippen molar-refractivity contribution in [3.05, 3.63) is 40.6 Å². The molecule has 1 aromatic heterocycles. The Balaban J connectivity index is 1.75. The first-order valence-electron chi connectivity index (χ1n) is 7.63.